The second-order valence-electron chi connectivity index (χ2n) is 6.65. The van der Waals surface area contributed by atoms with E-state index >= 15 is 0 Å². The maximum Gasteiger partial charge on any atom is 0.254 e. The lowest BCUT2D eigenvalue weighted by atomic mass is 10.1. The lowest BCUT2D eigenvalue weighted by Gasteiger charge is -2.28. The van der Waals surface area contributed by atoms with Crippen LogP contribution in [0.15, 0.2) is 48.8 Å². The second-order valence-corrected chi connectivity index (χ2v) is 6.65. The maximum atomic E-state index is 12.9. The van der Waals surface area contributed by atoms with Crippen molar-refractivity contribution in [2.75, 3.05) is 6.54 Å². The van der Waals surface area contributed by atoms with Crippen LogP contribution in [0.3, 0.4) is 0 Å². The van der Waals surface area contributed by atoms with Gasteiger partial charge in [0.05, 0.1) is 6.54 Å². The molecule has 25 heavy (non-hydrogen) atoms. The van der Waals surface area contributed by atoms with E-state index in [1.165, 1.54) is 0 Å². The van der Waals surface area contributed by atoms with Gasteiger partial charge in [0.2, 0.25) is 0 Å². The molecule has 0 spiro atoms. The lowest BCUT2D eigenvalue weighted by Crippen LogP contribution is -2.38. The van der Waals surface area contributed by atoms with Crippen molar-refractivity contribution < 1.29 is 4.79 Å². The molecule has 3 heterocycles. The Morgan fingerprint density at radius 1 is 1.08 bits per heavy atom. The summed E-state index contributed by atoms with van der Waals surface area (Å²) in [6.45, 7) is 6.16. The van der Waals surface area contributed by atoms with Crippen molar-refractivity contribution in [1.29, 1.82) is 0 Å². The fraction of sp³-hybridized carbons (Fsp3) is 0.316. The molecule has 0 saturated carbocycles. The van der Waals surface area contributed by atoms with Crippen LogP contribution in [0, 0.1) is 0 Å². The molecule has 1 amide bonds. The van der Waals surface area contributed by atoms with Gasteiger partial charge in [-0.2, -0.15) is 0 Å². The van der Waals surface area contributed by atoms with Crippen molar-refractivity contribution in [3.8, 4) is 5.69 Å². The Hall–Kier alpha value is -2.89. The van der Waals surface area contributed by atoms with Gasteiger partial charge in [0.15, 0.2) is 5.82 Å². The summed E-state index contributed by atoms with van der Waals surface area (Å²) in [6.07, 6.45) is 3.95. The molecule has 0 bridgehead atoms. The van der Waals surface area contributed by atoms with Gasteiger partial charge in [0.25, 0.3) is 5.91 Å². The number of fused-ring (bicyclic) bond motifs is 1. The Balaban J connectivity index is 1.57. The van der Waals surface area contributed by atoms with Crippen LogP contribution in [0.2, 0.25) is 0 Å². The normalized spacial score (nSPS) is 14.0. The minimum Gasteiger partial charge on any atom is -0.329 e. The molecule has 4 rings (SSSR count). The summed E-state index contributed by atoms with van der Waals surface area (Å²) in [4.78, 5) is 14.8. The van der Waals surface area contributed by atoms with E-state index in [2.05, 4.69) is 28.6 Å². The first-order valence-corrected chi connectivity index (χ1v) is 8.58. The van der Waals surface area contributed by atoms with Crippen molar-refractivity contribution in [2.24, 2.45) is 0 Å². The van der Waals surface area contributed by atoms with Crippen LogP contribution in [0.5, 0.6) is 0 Å². The highest BCUT2D eigenvalue weighted by atomic mass is 16.2. The molecule has 0 unspecified atom stereocenters. The fourth-order valence-electron chi connectivity index (χ4n) is 3.27. The van der Waals surface area contributed by atoms with Crippen LogP contribution in [-0.4, -0.2) is 36.7 Å². The van der Waals surface area contributed by atoms with Crippen molar-refractivity contribution >= 4 is 5.91 Å². The van der Waals surface area contributed by atoms with Crippen LogP contribution < -0.4 is 0 Å². The number of hydrogen-bond donors (Lipinski definition) is 0. The monoisotopic (exact) mass is 335 g/mol. The predicted molar refractivity (Wildman–Crippen MR) is 94.6 cm³/mol. The van der Waals surface area contributed by atoms with E-state index in [0.717, 1.165) is 23.9 Å². The lowest BCUT2D eigenvalue weighted by molar-refractivity contribution is 0.0706. The maximum absolute atomic E-state index is 12.9. The van der Waals surface area contributed by atoms with Gasteiger partial charge in [-0.25, -0.2) is 0 Å². The Bertz CT molecular complexity index is 894. The van der Waals surface area contributed by atoms with Gasteiger partial charge in [-0.05, 0) is 30.3 Å². The van der Waals surface area contributed by atoms with Gasteiger partial charge in [-0.15, -0.1) is 10.2 Å². The zero-order valence-electron chi connectivity index (χ0n) is 14.5. The third-order valence-corrected chi connectivity index (χ3v) is 4.58. The smallest absolute Gasteiger partial charge is 0.254 e. The fourth-order valence-corrected chi connectivity index (χ4v) is 3.27. The van der Waals surface area contributed by atoms with Crippen molar-refractivity contribution in [1.82, 2.24) is 24.2 Å². The van der Waals surface area contributed by atoms with E-state index in [1.54, 1.807) is 0 Å². The molecule has 1 aliphatic rings. The molecular weight excluding hydrogens is 314 g/mol. The number of amides is 1. The number of benzene rings is 1. The van der Waals surface area contributed by atoms with Gasteiger partial charge in [-0.1, -0.05) is 19.9 Å². The molecular formula is C19H21N5O. The predicted octanol–water partition coefficient (Wildman–Crippen LogP) is 2.85. The van der Waals surface area contributed by atoms with Crippen molar-refractivity contribution in [2.45, 2.75) is 32.9 Å². The summed E-state index contributed by atoms with van der Waals surface area (Å²) < 4.78 is 4.14. The van der Waals surface area contributed by atoms with Crippen molar-refractivity contribution in [3.63, 3.8) is 0 Å². The first-order chi connectivity index (χ1) is 12.1. The third kappa shape index (κ3) is 2.84. The molecule has 0 aliphatic carbocycles. The number of hydrogen-bond acceptors (Lipinski definition) is 3. The number of nitrogens with zero attached hydrogens (tertiary/aromatic N) is 5. The number of carbonyl (C=O) groups is 1. The quantitative estimate of drug-likeness (QED) is 0.739. The largest absolute Gasteiger partial charge is 0.329 e. The molecule has 0 fully saturated rings. The number of rotatable bonds is 3. The van der Waals surface area contributed by atoms with E-state index in [4.69, 9.17) is 0 Å². The van der Waals surface area contributed by atoms with Crippen LogP contribution in [0.4, 0.5) is 0 Å². The average Bonchev–Trinajstić information content (AvgIpc) is 3.30. The topological polar surface area (TPSA) is 56.0 Å². The van der Waals surface area contributed by atoms with Crippen LogP contribution in [-0.2, 0) is 13.1 Å². The molecule has 1 aromatic carbocycles. The van der Waals surface area contributed by atoms with Crippen LogP contribution in [0.25, 0.3) is 5.69 Å². The standard InChI is InChI=1S/C19H21N5O/c1-14(2)18-21-20-17-13-23(10-11-24(17)18)19(25)15-6-5-7-16(12-15)22-8-3-4-9-22/h3-9,12,14H,10-11,13H2,1-2H3. The summed E-state index contributed by atoms with van der Waals surface area (Å²) in [5.41, 5.74) is 1.68. The Kier molecular flexibility index (Phi) is 3.87. The Morgan fingerprint density at radius 2 is 1.88 bits per heavy atom. The van der Waals surface area contributed by atoms with Gasteiger partial charge >= 0.3 is 0 Å². The zero-order chi connectivity index (χ0) is 17.4. The van der Waals surface area contributed by atoms with Crippen molar-refractivity contribution in [3.05, 3.63) is 66.0 Å². The molecule has 0 radical (unpaired) electrons. The zero-order valence-corrected chi connectivity index (χ0v) is 14.5. The van der Waals surface area contributed by atoms with E-state index in [0.29, 0.717) is 24.6 Å². The molecule has 2 aromatic heterocycles. The summed E-state index contributed by atoms with van der Waals surface area (Å²) >= 11 is 0. The Labute approximate surface area is 146 Å². The van der Waals surface area contributed by atoms with Gasteiger partial charge in [0.1, 0.15) is 5.82 Å². The molecule has 0 atom stereocenters. The van der Waals surface area contributed by atoms with Gasteiger partial charge in [0, 0.05) is 42.7 Å². The van der Waals surface area contributed by atoms with Crippen LogP contribution >= 0.6 is 0 Å². The SMILES string of the molecule is CC(C)c1nnc2n1CCN(C(=O)c1cccc(-n3cccc3)c1)C2. The molecule has 0 saturated heterocycles. The van der Waals surface area contributed by atoms with Gasteiger partial charge < -0.3 is 14.0 Å². The highest BCUT2D eigenvalue weighted by Gasteiger charge is 2.26. The molecule has 3 aromatic rings. The number of carbonyl (C=O) groups excluding carboxylic acids is 1. The molecule has 128 valence electrons. The molecule has 1 aliphatic heterocycles. The summed E-state index contributed by atoms with van der Waals surface area (Å²) in [6, 6.07) is 11.7. The van der Waals surface area contributed by atoms with Gasteiger partial charge in [-0.3, -0.25) is 4.79 Å². The summed E-state index contributed by atoms with van der Waals surface area (Å²) in [7, 11) is 0. The minimum atomic E-state index is 0.0364. The van der Waals surface area contributed by atoms with E-state index < -0.39 is 0 Å². The first kappa shape index (κ1) is 15.6. The minimum absolute atomic E-state index is 0.0364. The van der Waals surface area contributed by atoms with Crippen LogP contribution in [0.1, 0.15) is 41.8 Å². The summed E-state index contributed by atoms with van der Waals surface area (Å²) in [5, 5.41) is 8.56. The number of aromatic nitrogens is 4. The second kappa shape index (κ2) is 6.20. The molecule has 6 heteroatoms. The van der Waals surface area contributed by atoms with E-state index in [-0.39, 0.29) is 5.91 Å². The average molecular weight is 335 g/mol. The third-order valence-electron chi connectivity index (χ3n) is 4.58. The molecule has 6 nitrogen and oxygen atoms in total. The Morgan fingerprint density at radius 3 is 2.64 bits per heavy atom. The summed E-state index contributed by atoms with van der Waals surface area (Å²) in [5.74, 6) is 2.23. The highest BCUT2D eigenvalue weighted by Crippen LogP contribution is 2.20. The first-order valence-electron chi connectivity index (χ1n) is 8.58. The van der Waals surface area contributed by atoms with E-state index in [1.807, 2.05) is 58.3 Å². The molecule has 0 N–H and O–H groups in total. The highest BCUT2D eigenvalue weighted by molar-refractivity contribution is 5.94. The van der Waals surface area contributed by atoms with E-state index in [9.17, 15) is 4.79 Å².